The van der Waals surface area contributed by atoms with Crippen LogP contribution in [0.4, 0.5) is 0 Å². The van der Waals surface area contributed by atoms with Crippen molar-refractivity contribution in [1.29, 1.82) is 0 Å². The fraction of sp³-hybridized carbons (Fsp3) is 0.562. The van der Waals surface area contributed by atoms with Crippen LogP contribution in [0.15, 0.2) is 18.2 Å². The average Bonchev–Trinajstić information content (AvgIpc) is 2.46. The Bertz CT molecular complexity index is 465. The Balaban J connectivity index is 2.72. The van der Waals surface area contributed by atoms with Crippen LogP contribution >= 0.6 is 11.6 Å². The van der Waals surface area contributed by atoms with Gasteiger partial charge in [0.05, 0.1) is 11.6 Å². The summed E-state index contributed by atoms with van der Waals surface area (Å²) in [6, 6.07) is 5.82. The molecule has 1 rings (SSSR count). The van der Waals surface area contributed by atoms with Crippen molar-refractivity contribution in [2.24, 2.45) is 0 Å². The molecule has 1 aromatic carbocycles. The maximum Gasteiger partial charge on any atom is 0.347 e. The first-order valence-electron chi connectivity index (χ1n) is 7.35. The van der Waals surface area contributed by atoms with Gasteiger partial charge < -0.3 is 14.8 Å². The van der Waals surface area contributed by atoms with Crippen LogP contribution in [-0.4, -0.2) is 25.2 Å². The smallest absolute Gasteiger partial charge is 0.347 e. The molecule has 0 aliphatic carbocycles. The zero-order valence-electron chi connectivity index (χ0n) is 13.1. The van der Waals surface area contributed by atoms with E-state index >= 15 is 0 Å². The minimum Gasteiger partial charge on any atom is -0.477 e. The van der Waals surface area contributed by atoms with Gasteiger partial charge in [0.25, 0.3) is 0 Å². The Morgan fingerprint density at radius 2 is 2.05 bits per heavy atom. The molecular formula is C16H24ClNO3. The third-order valence-corrected chi connectivity index (χ3v) is 3.37. The second-order valence-corrected chi connectivity index (χ2v) is 5.28. The highest BCUT2D eigenvalue weighted by Gasteiger charge is 2.17. The van der Waals surface area contributed by atoms with Gasteiger partial charge in [0.2, 0.25) is 0 Å². The molecule has 0 spiro atoms. The molecule has 0 amide bonds. The van der Waals surface area contributed by atoms with E-state index in [9.17, 15) is 4.79 Å². The Kier molecular flexibility index (Phi) is 7.54. The first-order valence-corrected chi connectivity index (χ1v) is 7.73. The monoisotopic (exact) mass is 313 g/mol. The summed E-state index contributed by atoms with van der Waals surface area (Å²) >= 11 is 6.23. The van der Waals surface area contributed by atoms with E-state index in [4.69, 9.17) is 21.1 Å². The number of nitrogens with one attached hydrogen (secondary N) is 1. The van der Waals surface area contributed by atoms with Crippen molar-refractivity contribution in [1.82, 2.24) is 5.32 Å². The zero-order chi connectivity index (χ0) is 15.8. The van der Waals surface area contributed by atoms with Crippen molar-refractivity contribution in [2.45, 2.75) is 46.3 Å². The standard InChI is InChI=1S/C16H24ClNO3/c1-5-9-18-11(3)13-7-8-15(14(17)10-13)21-12(4)16(19)20-6-2/h7-8,10-12,18H,5-6,9H2,1-4H3. The Labute approximate surface area is 131 Å². The molecular weight excluding hydrogens is 290 g/mol. The van der Waals surface area contributed by atoms with E-state index in [-0.39, 0.29) is 6.04 Å². The lowest BCUT2D eigenvalue weighted by molar-refractivity contribution is -0.150. The van der Waals surface area contributed by atoms with Crippen LogP contribution in [0.3, 0.4) is 0 Å². The summed E-state index contributed by atoms with van der Waals surface area (Å²) in [7, 11) is 0. The third kappa shape index (κ3) is 5.56. The van der Waals surface area contributed by atoms with E-state index in [1.54, 1.807) is 19.9 Å². The zero-order valence-corrected chi connectivity index (χ0v) is 13.9. The molecule has 0 aliphatic rings. The molecule has 0 saturated heterocycles. The number of halogens is 1. The summed E-state index contributed by atoms with van der Waals surface area (Å²) in [5.41, 5.74) is 1.09. The molecule has 2 unspecified atom stereocenters. The molecule has 118 valence electrons. The van der Waals surface area contributed by atoms with Crippen LogP contribution in [0.1, 0.15) is 45.7 Å². The number of rotatable bonds is 8. The highest BCUT2D eigenvalue weighted by molar-refractivity contribution is 6.32. The number of hydrogen-bond acceptors (Lipinski definition) is 4. The molecule has 0 heterocycles. The summed E-state index contributed by atoms with van der Waals surface area (Å²) < 4.78 is 10.5. The molecule has 21 heavy (non-hydrogen) atoms. The molecule has 0 aromatic heterocycles. The van der Waals surface area contributed by atoms with Crippen molar-refractivity contribution >= 4 is 17.6 Å². The number of ether oxygens (including phenoxy) is 2. The molecule has 5 heteroatoms. The minimum atomic E-state index is -0.677. The van der Waals surface area contributed by atoms with Gasteiger partial charge in [0, 0.05) is 6.04 Å². The summed E-state index contributed by atoms with van der Waals surface area (Å²) in [5.74, 6) is 0.0966. The molecule has 2 atom stereocenters. The molecule has 0 aliphatic heterocycles. The summed E-state index contributed by atoms with van der Waals surface area (Å²) in [4.78, 5) is 11.6. The highest BCUT2D eigenvalue weighted by atomic mass is 35.5. The van der Waals surface area contributed by atoms with Gasteiger partial charge in [-0.1, -0.05) is 24.6 Å². The molecule has 0 saturated carbocycles. The first kappa shape index (κ1) is 17.8. The van der Waals surface area contributed by atoms with Gasteiger partial charge in [-0.15, -0.1) is 0 Å². The van der Waals surface area contributed by atoms with E-state index < -0.39 is 12.1 Å². The van der Waals surface area contributed by atoms with Crippen LogP contribution in [0.2, 0.25) is 5.02 Å². The summed E-state index contributed by atoms with van der Waals surface area (Å²) in [5, 5.41) is 3.89. The fourth-order valence-corrected chi connectivity index (χ4v) is 2.09. The van der Waals surface area contributed by atoms with Crippen molar-refractivity contribution in [3.63, 3.8) is 0 Å². The van der Waals surface area contributed by atoms with Crippen LogP contribution in [-0.2, 0) is 9.53 Å². The van der Waals surface area contributed by atoms with Gasteiger partial charge in [-0.25, -0.2) is 4.79 Å². The lowest BCUT2D eigenvalue weighted by atomic mass is 10.1. The van der Waals surface area contributed by atoms with Crippen molar-refractivity contribution in [3.05, 3.63) is 28.8 Å². The van der Waals surface area contributed by atoms with E-state index in [1.165, 1.54) is 0 Å². The number of benzene rings is 1. The number of esters is 1. The highest BCUT2D eigenvalue weighted by Crippen LogP contribution is 2.28. The maximum atomic E-state index is 11.6. The lowest BCUT2D eigenvalue weighted by Gasteiger charge is -2.17. The Morgan fingerprint density at radius 1 is 1.33 bits per heavy atom. The molecule has 1 N–H and O–H groups in total. The van der Waals surface area contributed by atoms with Gasteiger partial charge >= 0.3 is 5.97 Å². The van der Waals surface area contributed by atoms with Gasteiger partial charge in [0.1, 0.15) is 5.75 Å². The van der Waals surface area contributed by atoms with Crippen LogP contribution in [0.25, 0.3) is 0 Å². The molecule has 0 radical (unpaired) electrons. The van der Waals surface area contributed by atoms with E-state index in [0.29, 0.717) is 17.4 Å². The van der Waals surface area contributed by atoms with E-state index in [1.807, 2.05) is 12.1 Å². The van der Waals surface area contributed by atoms with Crippen molar-refractivity contribution < 1.29 is 14.3 Å². The number of carbonyl (C=O) groups excluding carboxylic acids is 1. The first-order chi connectivity index (χ1) is 9.99. The van der Waals surface area contributed by atoms with Gasteiger partial charge in [-0.05, 0) is 51.4 Å². The SMILES string of the molecule is CCCNC(C)c1ccc(OC(C)C(=O)OCC)c(Cl)c1. The van der Waals surface area contributed by atoms with Gasteiger partial charge in [0.15, 0.2) is 6.10 Å². The quantitative estimate of drug-likeness (QED) is 0.743. The largest absolute Gasteiger partial charge is 0.477 e. The Hall–Kier alpha value is -1.26. The van der Waals surface area contributed by atoms with Crippen LogP contribution < -0.4 is 10.1 Å². The average molecular weight is 314 g/mol. The molecule has 1 aromatic rings. The topological polar surface area (TPSA) is 47.6 Å². The molecule has 4 nitrogen and oxygen atoms in total. The van der Waals surface area contributed by atoms with E-state index in [0.717, 1.165) is 18.5 Å². The molecule has 0 fully saturated rings. The Morgan fingerprint density at radius 3 is 2.62 bits per heavy atom. The second kappa shape index (κ2) is 8.90. The van der Waals surface area contributed by atoms with Crippen molar-refractivity contribution in [3.8, 4) is 5.75 Å². The third-order valence-electron chi connectivity index (χ3n) is 3.08. The summed E-state index contributed by atoms with van der Waals surface area (Å²) in [6.45, 7) is 8.91. The normalized spacial score (nSPS) is 13.6. The van der Waals surface area contributed by atoms with E-state index in [2.05, 4.69) is 19.2 Å². The fourth-order valence-electron chi connectivity index (χ4n) is 1.86. The number of carbonyl (C=O) groups is 1. The second-order valence-electron chi connectivity index (χ2n) is 4.88. The molecule has 0 bridgehead atoms. The number of hydrogen-bond donors (Lipinski definition) is 1. The predicted octanol–water partition coefficient (Wildman–Crippen LogP) is 3.73. The van der Waals surface area contributed by atoms with Gasteiger partial charge in [-0.3, -0.25) is 0 Å². The van der Waals surface area contributed by atoms with Crippen LogP contribution in [0, 0.1) is 0 Å². The van der Waals surface area contributed by atoms with Crippen molar-refractivity contribution in [2.75, 3.05) is 13.2 Å². The predicted molar refractivity (Wildman–Crippen MR) is 84.9 cm³/mol. The lowest BCUT2D eigenvalue weighted by Crippen LogP contribution is -2.26. The van der Waals surface area contributed by atoms with Gasteiger partial charge in [-0.2, -0.15) is 0 Å². The minimum absolute atomic E-state index is 0.221. The van der Waals surface area contributed by atoms with Crippen LogP contribution in [0.5, 0.6) is 5.75 Å². The summed E-state index contributed by atoms with van der Waals surface area (Å²) in [6.07, 6.45) is 0.403. The maximum absolute atomic E-state index is 11.6.